The lowest BCUT2D eigenvalue weighted by molar-refractivity contribution is -0.134. The fraction of sp³-hybridized carbons (Fsp3) is 0.167. The molecule has 1 aromatic heterocycles. The van der Waals surface area contributed by atoms with Crippen molar-refractivity contribution < 1.29 is 13.9 Å². The van der Waals surface area contributed by atoms with Crippen molar-refractivity contribution in [2.24, 2.45) is 0 Å². The second-order valence-electron chi connectivity index (χ2n) is 3.28. The Labute approximate surface area is 91.4 Å². The summed E-state index contributed by atoms with van der Waals surface area (Å²) in [4.78, 5) is 22.1. The van der Waals surface area contributed by atoms with Gasteiger partial charge in [0.1, 0.15) is 11.3 Å². The van der Waals surface area contributed by atoms with Gasteiger partial charge in [0.05, 0.1) is 0 Å². The maximum absolute atomic E-state index is 11.1. The molecule has 0 saturated heterocycles. The summed E-state index contributed by atoms with van der Waals surface area (Å²) in [7, 11) is 0. The van der Waals surface area contributed by atoms with E-state index in [9.17, 15) is 9.59 Å². The Morgan fingerprint density at radius 3 is 2.81 bits per heavy atom. The largest absolute Gasteiger partial charge is 0.426 e. The Morgan fingerprint density at radius 2 is 2.06 bits per heavy atom. The Kier molecular flexibility index (Phi) is 2.72. The van der Waals surface area contributed by atoms with Crippen molar-refractivity contribution in [1.29, 1.82) is 0 Å². The van der Waals surface area contributed by atoms with E-state index in [1.54, 1.807) is 25.1 Å². The minimum atomic E-state index is -0.425. The molecule has 0 aliphatic carbocycles. The molecule has 4 nitrogen and oxygen atoms in total. The highest BCUT2D eigenvalue weighted by atomic mass is 16.5. The summed E-state index contributed by atoms with van der Waals surface area (Å²) in [5.41, 5.74) is -0.0135. The van der Waals surface area contributed by atoms with Crippen LogP contribution in [0.15, 0.2) is 39.5 Å². The van der Waals surface area contributed by atoms with Crippen molar-refractivity contribution in [3.05, 3.63) is 40.8 Å². The number of hydrogen-bond donors (Lipinski definition) is 0. The first-order chi connectivity index (χ1) is 7.69. The number of carbonyl (C=O) groups excluding carboxylic acids is 1. The van der Waals surface area contributed by atoms with Gasteiger partial charge in [0, 0.05) is 23.9 Å². The van der Waals surface area contributed by atoms with Crippen LogP contribution in [0.1, 0.15) is 13.3 Å². The molecule has 1 heterocycles. The van der Waals surface area contributed by atoms with E-state index in [1.807, 2.05) is 0 Å². The molecule has 0 saturated carbocycles. The summed E-state index contributed by atoms with van der Waals surface area (Å²) in [5, 5.41) is 0.788. The van der Waals surface area contributed by atoms with E-state index in [4.69, 9.17) is 9.15 Å². The fourth-order valence-corrected chi connectivity index (χ4v) is 1.31. The van der Waals surface area contributed by atoms with E-state index in [1.165, 1.54) is 12.1 Å². The highest BCUT2D eigenvalue weighted by molar-refractivity contribution is 5.79. The third kappa shape index (κ3) is 2.11. The number of hydrogen-bond acceptors (Lipinski definition) is 4. The van der Waals surface area contributed by atoms with Gasteiger partial charge in [0.2, 0.25) is 0 Å². The summed E-state index contributed by atoms with van der Waals surface area (Å²) in [6.45, 7) is 1.71. The normalized spacial score (nSPS) is 10.3. The first-order valence-corrected chi connectivity index (χ1v) is 4.93. The first kappa shape index (κ1) is 10.4. The predicted molar refractivity (Wildman–Crippen MR) is 58.4 cm³/mol. The van der Waals surface area contributed by atoms with Crippen molar-refractivity contribution in [3.63, 3.8) is 0 Å². The van der Waals surface area contributed by atoms with Gasteiger partial charge in [-0.1, -0.05) is 6.92 Å². The minimum Gasteiger partial charge on any atom is -0.426 e. The SMILES string of the molecule is CCC(=O)Oc1ccc2ccc(=O)oc2c1. The summed E-state index contributed by atoms with van der Waals surface area (Å²) in [6.07, 6.45) is 0.302. The van der Waals surface area contributed by atoms with Gasteiger partial charge >= 0.3 is 11.6 Å². The van der Waals surface area contributed by atoms with Crippen LogP contribution in [0.2, 0.25) is 0 Å². The molecule has 0 fully saturated rings. The highest BCUT2D eigenvalue weighted by Crippen LogP contribution is 2.19. The van der Waals surface area contributed by atoms with Crippen LogP contribution in [0.25, 0.3) is 11.0 Å². The van der Waals surface area contributed by atoms with Gasteiger partial charge in [0.25, 0.3) is 0 Å². The van der Waals surface area contributed by atoms with E-state index >= 15 is 0 Å². The Morgan fingerprint density at radius 1 is 1.31 bits per heavy atom. The molecule has 82 valence electrons. The first-order valence-electron chi connectivity index (χ1n) is 4.93. The molecule has 0 unspecified atom stereocenters. The molecule has 2 aromatic rings. The number of rotatable bonds is 2. The van der Waals surface area contributed by atoms with Gasteiger partial charge in [-0.3, -0.25) is 4.79 Å². The summed E-state index contributed by atoms with van der Waals surface area (Å²) in [5.74, 6) is 0.0614. The molecule has 0 aliphatic heterocycles. The number of esters is 1. The second-order valence-corrected chi connectivity index (χ2v) is 3.28. The van der Waals surface area contributed by atoms with Crippen molar-refractivity contribution in [3.8, 4) is 5.75 Å². The van der Waals surface area contributed by atoms with Crippen molar-refractivity contribution >= 4 is 16.9 Å². The van der Waals surface area contributed by atoms with Crippen LogP contribution in [0.4, 0.5) is 0 Å². The monoisotopic (exact) mass is 218 g/mol. The molecule has 4 heteroatoms. The number of carbonyl (C=O) groups is 1. The molecule has 0 bridgehead atoms. The van der Waals surface area contributed by atoms with Gasteiger partial charge < -0.3 is 9.15 Å². The third-order valence-corrected chi connectivity index (χ3v) is 2.11. The van der Waals surface area contributed by atoms with Gasteiger partial charge in [-0.25, -0.2) is 4.79 Å². The predicted octanol–water partition coefficient (Wildman–Crippen LogP) is 2.11. The average molecular weight is 218 g/mol. The van der Waals surface area contributed by atoms with E-state index < -0.39 is 5.63 Å². The molecule has 0 radical (unpaired) electrons. The zero-order chi connectivity index (χ0) is 11.5. The van der Waals surface area contributed by atoms with Crippen LogP contribution >= 0.6 is 0 Å². The minimum absolute atomic E-state index is 0.302. The number of benzene rings is 1. The molecule has 0 aliphatic rings. The van der Waals surface area contributed by atoms with Crippen molar-refractivity contribution in [2.75, 3.05) is 0 Å². The molecule has 1 aromatic carbocycles. The lowest BCUT2D eigenvalue weighted by Crippen LogP contribution is -2.05. The lowest BCUT2D eigenvalue weighted by Gasteiger charge is -2.02. The van der Waals surface area contributed by atoms with E-state index in [0.29, 0.717) is 17.8 Å². The van der Waals surface area contributed by atoms with Gasteiger partial charge in [-0.05, 0) is 18.2 Å². The molecule has 0 spiro atoms. The molecule has 0 N–H and O–H groups in total. The molecule has 0 amide bonds. The Balaban J connectivity index is 2.42. The summed E-state index contributed by atoms with van der Waals surface area (Å²) >= 11 is 0. The second kappa shape index (κ2) is 4.18. The Hall–Kier alpha value is -2.10. The number of ether oxygens (including phenoxy) is 1. The average Bonchev–Trinajstić information content (AvgIpc) is 2.28. The maximum atomic E-state index is 11.1. The van der Waals surface area contributed by atoms with E-state index in [-0.39, 0.29) is 5.97 Å². The quantitative estimate of drug-likeness (QED) is 0.440. The van der Waals surface area contributed by atoms with Crippen LogP contribution in [0.3, 0.4) is 0 Å². The fourth-order valence-electron chi connectivity index (χ4n) is 1.31. The molecule has 2 rings (SSSR count). The maximum Gasteiger partial charge on any atom is 0.336 e. The topological polar surface area (TPSA) is 56.5 Å². The standard InChI is InChI=1S/C12H10O4/c1-2-11(13)15-9-5-3-8-4-6-12(14)16-10(8)7-9/h3-7H,2H2,1H3. The lowest BCUT2D eigenvalue weighted by atomic mass is 10.2. The summed E-state index contributed by atoms with van der Waals surface area (Å²) < 4.78 is 9.98. The zero-order valence-electron chi connectivity index (χ0n) is 8.73. The van der Waals surface area contributed by atoms with Crippen LogP contribution in [0, 0.1) is 0 Å². The Bertz CT molecular complexity index is 583. The van der Waals surface area contributed by atoms with Crippen molar-refractivity contribution in [2.45, 2.75) is 13.3 Å². The van der Waals surface area contributed by atoms with Gasteiger partial charge in [0.15, 0.2) is 0 Å². The third-order valence-electron chi connectivity index (χ3n) is 2.11. The van der Waals surface area contributed by atoms with Crippen LogP contribution in [-0.2, 0) is 4.79 Å². The molecule has 16 heavy (non-hydrogen) atoms. The van der Waals surface area contributed by atoms with E-state index in [0.717, 1.165) is 5.39 Å². The van der Waals surface area contributed by atoms with Crippen LogP contribution in [-0.4, -0.2) is 5.97 Å². The van der Waals surface area contributed by atoms with Crippen molar-refractivity contribution in [1.82, 2.24) is 0 Å². The summed E-state index contributed by atoms with van der Waals surface area (Å²) in [6, 6.07) is 7.93. The number of fused-ring (bicyclic) bond motifs is 1. The molecular formula is C12H10O4. The highest BCUT2D eigenvalue weighted by Gasteiger charge is 2.04. The van der Waals surface area contributed by atoms with Gasteiger partial charge in [-0.15, -0.1) is 0 Å². The zero-order valence-corrected chi connectivity index (χ0v) is 8.73. The van der Waals surface area contributed by atoms with Gasteiger partial charge in [-0.2, -0.15) is 0 Å². The molecule has 0 atom stereocenters. The van der Waals surface area contributed by atoms with Crippen LogP contribution < -0.4 is 10.4 Å². The van der Waals surface area contributed by atoms with E-state index in [2.05, 4.69) is 0 Å². The smallest absolute Gasteiger partial charge is 0.336 e. The van der Waals surface area contributed by atoms with Crippen LogP contribution in [0.5, 0.6) is 5.75 Å². The molecular weight excluding hydrogens is 208 g/mol.